The van der Waals surface area contributed by atoms with E-state index in [2.05, 4.69) is 32.4 Å². The fraction of sp³-hybridized carbons (Fsp3) is 0.625. The highest BCUT2D eigenvalue weighted by Crippen LogP contribution is 2.13. The predicted octanol–water partition coefficient (Wildman–Crippen LogP) is 1.62. The molecule has 5 heteroatoms. The Hall–Kier alpha value is -1.62. The van der Waals surface area contributed by atoms with Crippen molar-refractivity contribution in [3.8, 4) is 0 Å². The third-order valence-electron chi connectivity index (χ3n) is 4.02. The van der Waals surface area contributed by atoms with Gasteiger partial charge in [-0.2, -0.15) is 0 Å². The summed E-state index contributed by atoms with van der Waals surface area (Å²) >= 11 is 0. The molecule has 1 aromatic rings. The van der Waals surface area contributed by atoms with E-state index >= 15 is 0 Å². The maximum Gasteiger partial charge on any atom is 0.191 e. The molecule has 0 aliphatic carbocycles. The summed E-state index contributed by atoms with van der Waals surface area (Å²) in [4.78, 5) is 11.2. The molecule has 116 valence electrons. The zero-order chi connectivity index (χ0) is 14.9. The first-order valence-electron chi connectivity index (χ1n) is 7.92. The summed E-state index contributed by atoms with van der Waals surface area (Å²) in [5.74, 6) is 0.846. The number of nitrogens with one attached hydrogen (secondary N) is 2. The number of hydrogen-bond donors (Lipinski definition) is 2. The first kappa shape index (κ1) is 15.8. The van der Waals surface area contributed by atoms with E-state index in [1.807, 2.05) is 31.4 Å². The Bertz CT molecular complexity index is 426. The summed E-state index contributed by atoms with van der Waals surface area (Å²) in [5.41, 5.74) is 1.02. The van der Waals surface area contributed by atoms with Crippen LogP contribution in [0.5, 0.6) is 0 Å². The molecular formula is C16H27N5. The van der Waals surface area contributed by atoms with Gasteiger partial charge in [-0.3, -0.25) is 14.9 Å². The Morgan fingerprint density at radius 3 is 2.76 bits per heavy atom. The van der Waals surface area contributed by atoms with Gasteiger partial charge < -0.3 is 10.6 Å². The molecule has 0 spiro atoms. The number of likely N-dealkylation sites (tertiary alicyclic amines) is 1. The zero-order valence-electron chi connectivity index (χ0n) is 13.2. The van der Waals surface area contributed by atoms with Crippen LogP contribution in [0.15, 0.2) is 29.4 Å². The molecule has 1 unspecified atom stereocenters. The van der Waals surface area contributed by atoms with Crippen LogP contribution in [0.3, 0.4) is 0 Å². The Kier molecular flexibility index (Phi) is 6.47. The van der Waals surface area contributed by atoms with Crippen molar-refractivity contribution in [3.63, 3.8) is 0 Å². The van der Waals surface area contributed by atoms with Crippen molar-refractivity contribution in [2.45, 2.75) is 38.8 Å². The van der Waals surface area contributed by atoms with Gasteiger partial charge in [-0.1, -0.05) is 13.0 Å². The largest absolute Gasteiger partial charge is 0.355 e. The van der Waals surface area contributed by atoms with Crippen LogP contribution in [0.4, 0.5) is 0 Å². The predicted molar refractivity (Wildman–Crippen MR) is 87.3 cm³/mol. The Labute approximate surface area is 127 Å². The minimum absolute atomic E-state index is 0.598. The van der Waals surface area contributed by atoms with Crippen molar-refractivity contribution in [3.05, 3.63) is 30.1 Å². The van der Waals surface area contributed by atoms with Crippen LogP contribution in [-0.4, -0.2) is 48.6 Å². The SMILES string of the molecule is CCC(CNC(=NC)NCc1ccccn1)N1CCCC1. The highest BCUT2D eigenvalue weighted by Gasteiger charge is 2.20. The Morgan fingerprint density at radius 2 is 2.14 bits per heavy atom. The number of hydrogen-bond acceptors (Lipinski definition) is 3. The molecule has 2 N–H and O–H groups in total. The van der Waals surface area contributed by atoms with E-state index in [1.54, 1.807) is 0 Å². The fourth-order valence-corrected chi connectivity index (χ4v) is 2.75. The molecule has 1 aromatic heterocycles. The second kappa shape index (κ2) is 8.62. The molecule has 0 radical (unpaired) electrons. The van der Waals surface area contributed by atoms with Gasteiger partial charge in [0.15, 0.2) is 5.96 Å². The summed E-state index contributed by atoms with van der Waals surface area (Å²) in [6.45, 7) is 6.37. The number of guanidine groups is 1. The first-order valence-corrected chi connectivity index (χ1v) is 7.92. The molecule has 1 aliphatic rings. The molecule has 1 aliphatic heterocycles. The molecule has 1 fully saturated rings. The molecule has 1 atom stereocenters. The van der Waals surface area contributed by atoms with E-state index in [0.717, 1.165) is 18.2 Å². The molecule has 0 bridgehead atoms. The molecule has 0 saturated carbocycles. The minimum atomic E-state index is 0.598. The molecule has 1 saturated heterocycles. The van der Waals surface area contributed by atoms with Crippen LogP contribution >= 0.6 is 0 Å². The van der Waals surface area contributed by atoms with Crippen LogP contribution in [0, 0.1) is 0 Å². The lowest BCUT2D eigenvalue weighted by molar-refractivity contribution is 0.236. The minimum Gasteiger partial charge on any atom is -0.355 e. The molecule has 2 rings (SSSR count). The highest BCUT2D eigenvalue weighted by molar-refractivity contribution is 5.79. The van der Waals surface area contributed by atoms with Gasteiger partial charge in [-0.15, -0.1) is 0 Å². The maximum atomic E-state index is 4.31. The van der Waals surface area contributed by atoms with E-state index in [0.29, 0.717) is 12.6 Å². The lowest BCUT2D eigenvalue weighted by Gasteiger charge is -2.27. The molecule has 0 amide bonds. The normalized spacial score (nSPS) is 17.7. The van der Waals surface area contributed by atoms with Gasteiger partial charge in [-0.05, 0) is 44.5 Å². The number of rotatable bonds is 6. The van der Waals surface area contributed by atoms with Crippen LogP contribution in [0.25, 0.3) is 0 Å². The topological polar surface area (TPSA) is 52.6 Å². The monoisotopic (exact) mass is 289 g/mol. The first-order chi connectivity index (χ1) is 10.3. The second-order valence-electron chi connectivity index (χ2n) is 5.43. The van der Waals surface area contributed by atoms with Gasteiger partial charge in [0.2, 0.25) is 0 Å². The van der Waals surface area contributed by atoms with Gasteiger partial charge >= 0.3 is 0 Å². The average Bonchev–Trinajstić information content (AvgIpc) is 3.06. The fourth-order valence-electron chi connectivity index (χ4n) is 2.75. The number of aromatic nitrogens is 1. The van der Waals surface area contributed by atoms with Crippen LogP contribution in [0.1, 0.15) is 31.9 Å². The van der Waals surface area contributed by atoms with Crippen molar-refractivity contribution in [1.82, 2.24) is 20.5 Å². The number of aliphatic imine (C=N–C) groups is 1. The quantitative estimate of drug-likeness (QED) is 0.617. The summed E-state index contributed by atoms with van der Waals surface area (Å²) < 4.78 is 0. The average molecular weight is 289 g/mol. The number of pyridine rings is 1. The summed E-state index contributed by atoms with van der Waals surface area (Å²) in [6, 6.07) is 6.54. The molecular weight excluding hydrogens is 262 g/mol. The molecule has 5 nitrogen and oxygen atoms in total. The van der Waals surface area contributed by atoms with Crippen molar-refractivity contribution in [1.29, 1.82) is 0 Å². The zero-order valence-corrected chi connectivity index (χ0v) is 13.2. The highest BCUT2D eigenvalue weighted by atomic mass is 15.2. The lowest BCUT2D eigenvalue weighted by atomic mass is 10.2. The van der Waals surface area contributed by atoms with E-state index < -0.39 is 0 Å². The van der Waals surface area contributed by atoms with Crippen molar-refractivity contribution >= 4 is 5.96 Å². The van der Waals surface area contributed by atoms with E-state index in [9.17, 15) is 0 Å². The maximum absolute atomic E-state index is 4.31. The van der Waals surface area contributed by atoms with Gasteiger partial charge in [0.25, 0.3) is 0 Å². The van der Waals surface area contributed by atoms with Crippen molar-refractivity contribution in [2.24, 2.45) is 4.99 Å². The summed E-state index contributed by atoms with van der Waals surface area (Å²) in [6.07, 6.45) is 5.66. The van der Waals surface area contributed by atoms with Crippen LogP contribution < -0.4 is 10.6 Å². The van der Waals surface area contributed by atoms with Gasteiger partial charge in [0.1, 0.15) is 0 Å². The van der Waals surface area contributed by atoms with Gasteiger partial charge in [0.05, 0.1) is 12.2 Å². The third-order valence-corrected chi connectivity index (χ3v) is 4.02. The standard InChI is InChI=1S/C16H27N5/c1-3-15(21-10-6-7-11-21)13-20-16(17-2)19-12-14-8-4-5-9-18-14/h4-5,8-9,15H,3,6-7,10-13H2,1-2H3,(H2,17,19,20). The number of nitrogens with zero attached hydrogens (tertiary/aromatic N) is 3. The van der Waals surface area contributed by atoms with Gasteiger partial charge in [0, 0.05) is 25.8 Å². The lowest BCUT2D eigenvalue weighted by Crippen LogP contribution is -2.46. The van der Waals surface area contributed by atoms with Crippen LogP contribution in [-0.2, 0) is 6.54 Å². The third kappa shape index (κ3) is 5.01. The van der Waals surface area contributed by atoms with Crippen molar-refractivity contribution < 1.29 is 0 Å². The van der Waals surface area contributed by atoms with Crippen LogP contribution in [0.2, 0.25) is 0 Å². The summed E-state index contributed by atoms with van der Waals surface area (Å²) in [7, 11) is 1.81. The summed E-state index contributed by atoms with van der Waals surface area (Å²) in [5, 5.41) is 6.75. The van der Waals surface area contributed by atoms with Crippen molar-refractivity contribution in [2.75, 3.05) is 26.7 Å². The molecule has 2 heterocycles. The Morgan fingerprint density at radius 1 is 1.33 bits per heavy atom. The van der Waals surface area contributed by atoms with E-state index in [4.69, 9.17) is 0 Å². The Balaban J connectivity index is 1.76. The molecule has 0 aromatic carbocycles. The second-order valence-corrected chi connectivity index (χ2v) is 5.43. The molecule has 21 heavy (non-hydrogen) atoms. The smallest absolute Gasteiger partial charge is 0.191 e. The van der Waals surface area contributed by atoms with E-state index in [1.165, 1.54) is 32.4 Å². The van der Waals surface area contributed by atoms with Gasteiger partial charge in [-0.25, -0.2) is 0 Å². The van der Waals surface area contributed by atoms with E-state index in [-0.39, 0.29) is 0 Å².